The molecule has 2 saturated heterocycles. The van der Waals surface area contributed by atoms with E-state index in [1.54, 1.807) is 29.2 Å². The van der Waals surface area contributed by atoms with Gasteiger partial charge in [0.05, 0.1) is 25.7 Å². The Bertz CT molecular complexity index is 686. The number of methoxy groups -OCH3 is 1. The van der Waals surface area contributed by atoms with Gasteiger partial charge in [0.15, 0.2) is 0 Å². The molecule has 2 fully saturated rings. The number of carbonyl (C=O) groups excluding carboxylic acids is 2. The molecule has 5 nitrogen and oxygen atoms in total. The molecular weight excluding hydrogens is 306 g/mol. The second kappa shape index (κ2) is 4.57. The average molecular weight is 320 g/mol. The van der Waals surface area contributed by atoms with Gasteiger partial charge in [-0.2, -0.15) is 0 Å². The predicted molar refractivity (Wildman–Crippen MR) is 79.5 cm³/mol. The van der Waals surface area contributed by atoms with E-state index in [9.17, 15) is 9.59 Å². The normalized spacial score (nSPS) is 35.1. The van der Waals surface area contributed by atoms with Crippen molar-refractivity contribution in [3.05, 3.63) is 41.4 Å². The summed E-state index contributed by atoms with van der Waals surface area (Å²) >= 11 is 5.89. The maximum atomic E-state index is 12.9. The Balaban J connectivity index is 1.71. The molecule has 3 aliphatic rings. The van der Waals surface area contributed by atoms with Gasteiger partial charge in [-0.25, -0.2) is 0 Å². The van der Waals surface area contributed by atoms with E-state index >= 15 is 0 Å². The lowest BCUT2D eigenvalue weighted by molar-refractivity contribution is -0.149. The number of amides is 1. The number of benzene rings is 1. The molecule has 1 spiro atoms. The summed E-state index contributed by atoms with van der Waals surface area (Å²) < 4.78 is 10.8. The highest BCUT2D eigenvalue weighted by Crippen LogP contribution is 2.52. The lowest BCUT2D eigenvalue weighted by Gasteiger charge is -2.22. The highest BCUT2D eigenvalue weighted by Gasteiger charge is 2.67. The van der Waals surface area contributed by atoms with E-state index in [4.69, 9.17) is 21.1 Å². The van der Waals surface area contributed by atoms with Crippen molar-refractivity contribution in [3.63, 3.8) is 0 Å². The number of nitrogens with zero attached hydrogens (tertiary/aromatic N) is 1. The quantitative estimate of drug-likeness (QED) is 0.616. The molecule has 4 atom stereocenters. The van der Waals surface area contributed by atoms with Gasteiger partial charge in [-0.1, -0.05) is 23.8 Å². The van der Waals surface area contributed by atoms with Crippen LogP contribution in [0.15, 0.2) is 36.4 Å². The van der Waals surface area contributed by atoms with Crippen LogP contribution in [0.2, 0.25) is 5.02 Å². The highest BCUT2D eigenvalue weighted by molar-refractivity contribution is 6.30. The molecule has 1 amide bonds. The molecule has 22 heavy (non-hydrogen) atoms. The lowest BCUT2D eigenvalue weighted by atomic mass is 9.77. The van der Waals surface area contributed by atoms with Crippen molar-refractivity contribution in [2.24, 2.45) is 11.8 Å². The van der Waals surface area contributed by atoms with Crippen LogP contribution in [0.25, 0.3) is 0 Å². The van der Waals surface area contributed by atoms with E-state index in [1.165, 1.54) is 7.11 Å². The summed E-state index contributed by atoms with van der Waals surface area (Å²) in [6, 6.07) is 7.06. The molecule has 0 N–H and O–H groups in total. The van der Waals surface area contributed by atoms with Crippen LogP contribution in [0, 0.1) is 11.8 Å². The third-order valence-electron chi connectivity index (χ3n) is 4.71. The van der Waals surface area contributed by atoms with Crippen molar-refractivity contribution in [3.8, 4) is 0 Å². The average Bonchev–Trinajstić information content (AvgIpc) is 3.16. The molecule has 1 aromatic rings. The highest BCUT2D eigenvalue weighted by atomic mass is 35.5. The summed E-state index contributed by atoms with van der Waals surface area (Å²) in [4.78, 5) is 26.6. The summed E-state index contributed by atoms with van der Waals surface area (Å²) in [5.41, 5.74) is 0.0301. The zero-order valence-electron chi connectivity index (χ0n) is 11.9. The van der Waals surface area contributed by atoms with Gasteiger partial charge >= 0.3 is 5.97 Å². The Morgan fingerprint density at radius 1 is 1.41 bits per heavy atom. The van der Waals surface area contributed by atoms with Crippen molar-refractivity contribution in [1.29, 1.82) is 0 Å². The van der Waals surface area contributed by atoms with E-state index in [1.807, 2.05) is 12.2 Å². The van der Waals surface area contributed by atoms with Gasteiger partial charge in [-0.15, -0.1) is 0 Å². The molecule has 3 heterocycles. The molecule has 2 bridgehead atoms. The largest absolute Gasteiger partial charge is 0.469 e. The van der Waals surface area contributed by atoms with Crippen LogP contribution in [0.4, 0.5) is 5.69 Å². The third kappa shape index (κ3) is 1.69. The SMILES string of the molecule is COC(=O)[C@@H]1[C@H]2C(=O)N(c3ccc(Cl)cc3)C[C@]23C=C[C@H]1O3. The fourth-order valence-corrected chi connectivity index (χ4v) is 3.87. The molecule has 0 unspecified atom stereocenters. The summed E-state index contributed by atoms with van der Waals surface area (Å²) in [5, 5.41) is 0.610. The van der Waals surface area contributed by atoms with Crippen LogP contribution in [-0.2, 0) is 19.1 Å². The second-order valence-electron chi connectivity index (χ2n) is 5.82. The van der Waals surface area contributed by atoms with Crippen molar-refractivity contribution < 1.29 is 19.1 Å². The number of fused-ring (bicyclic) bond motifs is 1. The van der Waals surface area contributed by atoms with Gasteiger partial charge in [0.25, 0.3) is 0 Å². The van der Waals surface area contributed by atoms with Crippen LogP contribution >= 0.6 is 11.6 Å². The van der Waals surface area contributed by atoms with Gasteiger partial charge < -0.3 is 14.4 Å². The number of anilines is 1. The van der Waals surface area contributed by atoms with Crippen LogP contribution in [0.3, 0.4) is 0 Å². The molecule has 0 aliphatic carbocycles. The molecule has 0 radical (unpaired) electrons. The van der Waals surface area contributed by atoms with E-state index in [0.29, 0.717) is 11.6 Å². The van der Waals surface area contributed by atoms with E-state index in [-0.39, 0.29) is 12.0 Å². The molecule has 1 aromatic carbocycles. The van der Waals surface area contributed by atoms with Crippen LogP contribution in [-0.4, -0.2) is 37.2 Å². The summed E-state index contributed by atoms with van der Waals surface area (Å²) in [6.07, 6.45) is 3.40. The van der Waals surface area contributed by atoms with E-state index < -0.39 is 23.4 Å². The molecular formula is C16H14ClNO4. The number of ether oxygens (including phenoxy) is 2. The first-order valence-corrected chi connectivity index (χ1v) is 7.45. The van der Waals surface area contributed by atoms with Crippen molar-refractivity contribution in [2.75, 3.05) is 18.6 Å². The number of esters is 1. The monoisotopic (exact) mass is 319 g/mol. The molecule has 4 rings (SSSR count). The number of carbonyl (C=O) groups is 2. The fourth-order valence-electron chi connectivity index (χ4n) is 3.74. The molecule has 114 valence electrons. The zero-order chi connectivity index (χ0) is 15.5. The van der Waals surface area contributed by atoms with Crippen molar-refractivity contribution in [1.82, 2.24) is 0 Å². The minimum absolute atomic E-state index is 0.107. The molecule has 6 heteroatoms. The molecule has 3 aliphatic heterocycles. The Morgan fingerprint density at radius 3 is 2.82 bits per heavy atom. The number of hydrogen-bond donors (Lipinski definition) is 0. The number of hydrogen-bond acceptors (Lipinski definition) is 4. The number of rotatable bonds is 2. The maximum Gasteiger partial charge on any atom is 0.312 e. The van der Waals surface area contributed by atoms with Gasteiger partial charge in [0, 0.05) is 10.7 Å². The van der Waals surface area contributed by atoms with Gasteiger partial charge in [-0.05, 0) is 24.3 Å². The topological polar surface area (TPSA) is 55.8 Å². The Morgan fingerprint density at radius 2 is 2.14 bits per heavy atom. The van der Waals surface area contributed by atoms with Gasteiger partial charge in [0.1, 0.15) is 11.5 Å². The van der Waals surface area contributed by atoms with Gasteiger partial charge in [0.2, 0.25) is 5.91 Å². The summed E-state index contributed by atoms with van der Waals surface area (Å²) in [7, 11) is 1.33. The minimum atomic E-state index is -0.722. The van der Waals surface area contributed by atoms with E-state index in [2.05, 4.69) is 0 Å². The van der Waals surface area contributed by atoms with Crippen LogP contribution in [0.1, 0.15) is 0 Å². The third-order valence-corrected chi connectivity index (χ3v) is 4.96. The first-order chi connectivity index (χ1) is 10.6. The second-order valence-corrected chi connectivity index (χ2v) is 6.26. The van der Waals surface area contributed by atoms with Crippen molar-refractivity contribution in [2.45, 2.75) is 11.7 Å². The van der Waals surface area contributed by atoms with E-state index in [0.717, 1.165) is 5.69 Å². The van der Waals surface area contributed by atoms with Gasteiger partial charge in [-0.3, -0.25) is 9.59 Å². The molecule has 0 aromatic heterocycles. The smallest absolute Gasteiger partial charge is 0.312 e. The summed E-state index contributed by atoms with van der Waals surface area (Å²) in [6.45, 7) is 0.401. The molecule has 0 saturated carbocycles. The minimum Gasteiger partial charge on any atom is -0.469 e. The Hall–Kier alpha value is -1.85. The fraction of sp³-hybridized carbons (Fsp3) is 0.375. The zero-order valence-corrected chi connectivity index (χ0v) is 12.6. The van der Waals surface area contributed by atoms with Crippen molar-refractivity contribution >= 4 is 29.2 Å². The standard InChI is InChI=1S/C16H14ClNO4/c1-21-15(20)12-11-6-7-16(22-11)8-18(14(19)13(12)16)10-4-2-9(17)3-5-10/h2-7,11-13H,8H2,1H3/t11-,12+,13+,16-/m1/s1. The van der Waals surface area contributed by atoms with Crippen LogP contribution < -0.4 is 4.90 Å². The number of halogens is 1. The Labute approximate surface area is 132 Å². The first kappa shape index (κ1) is 13.8. The first-order valence-electron chi connectivity index (χ1n) is 7.08. The maximum absolute atomic E-state index is 12.9. The van der Waals surface area contributed by atoms with Crippen LogP contribution in [0.5, 0.6) is 0 Å². The predicted octanol–water partition coefficient (Wildman–Crippen LogP) is 1.80. The lowest BCUT2D eigenvalue weighted by Crippen LogP contribution is -2.39. The summed E-state index contributed by atoms with van der Waals surface area (Å²) in [5.74, 6) is -1.59. The Kier molecular flexibility index (Phi) is 2.86.